The number of benzene rings is 1. The molecule has 6 heteroatoms. The van der Waals surface area contributed by atoms with E-state index in [1.54, 1.807) is 6.26 Å². The molecule has 1 aromatic carbocycles. The standard InChI is InChI=1S/C14H23N3O2S/c1-11(20(2)19)8-9-16-10-13(14(15)17-18)12-6-4-3-5-7-12/h3-7,11,13,16,18H,8-10H2,1-2H3,(H2,15,17). The second-order valence-corrected chi connectivity index (χ2v) is 6.59. The molecule has 0 aliphatic rings. The summed E-state index contributed by atoms with van der Waals surface area (Å²) in [4.78, 5) is 0. The van der Waals surface area contributed by atoms with Gasteiger partial charge in [0.05, 0.1) is 5.92 Å². The fourth-order valence-corrected chi connectivity index (χ4v) is 2.32. The summed E-state index contributed by atoms with van der Waals surface area (Å²) in [6, 6.07) is 9.69. The van der Waals surface area contributed by atoms with Gasteiger partial charge >= 0.3 is 0 Å². The highest BCUT2D eigenvalue weighted by molar-refractivity contribution is 7.84. The van der Waals surface area contributed by atoms with Gasteiger partial charge in [0.1, 0.15) is 5.84 Å². The summed E-state index contributed by atoms with van der Waals surface area (Å²) in [5, 5.41) is 15.4. The molecule has 0 radical (unpaired) electrons. The predicted molar refractivity (Wildman–Crippen MR) is 83.6 cm³/mol. The highest BCUT2D eigenvalue weighted by Gasteiger charge is 2.16. The summed E-state index contributed by atoms with van der Waals surface area (Å²) in [5.74, 6) is 0.0273. The first-order valence-corrected chi connectivity index (χ1v) is 8.23. The van der Waals surface area contributed by atoms with Gasteiger partial charge in [-0.2, -0.15) is 0 Å². The minimum Gasteiger partial charge on any atom is -0.409 e. The Kier molecular flexibility index (Phi) is 7.25. The van der Waals surface area contributed by atoms with Crippen LogP contribution in [0.4, 0.5) is 0 Å². The number of amidine groups is 1. The highest BCUT2D eigenvalue weighted by atomic mass is 32.2. The van der Waals surface area contributed by atoms with Crippen molar-refractivity contribution in [3.8, 4) is 0 Å². The van der Waals surface area contributed by atoms with Gasteiger partial charge in [0, 0.05) is 28.9 Å². The van der Waals surface area contributed by atoms with Crippen LogP contribution in [0.3, 0.4) is 0 Å². The smallest absolute Gasteiger partial charge is 0.147 e. The summed E-state index contributed by atoms with van der Waals surface area (Å²) in [5.41, 5.74) is 6.75. The van der Waals surface area contributed by atoms with Crippen LogP contribution in [-0.2, 0) is 10.8 Å². The molecule has 20 heavy (non-hydrogen) atoms. The third-order valence-electron chi connectivity index (χ3n) is 3.32. The number of hydrogen-bond acceptors (Lipinski definition) is 4. The molecule has 4 N–H and O–H groups in total. The van der Waals surface area contributed by atoms with Gasteiger partial charge in [0.25, 0.3) is 0 Å². The maximum Gasteiger partial charge on any atom is 0.147 e. The molecule has 0 saturated carbocycles. The van der Waals surface area contributed by atoms with Crippen molar-refractivity contribution in [2.45, 2.75) is 24.5 Å². The van der Waals surface area contributed by atoms with Crippen LogP contribution < -0.4 is 11.1 Å². The van der Waals surface area contributed by atoms with Gasteiger partial charge in [-0.3, -0.25) is 4.21 Å². The summed E-state index contributed by atoms with van der Waals surface area (Å²) >= 11 is 0. The van der Waals surface area contributed by atoms with Gasteiger partial charge < -0.3 is 16.3 Å². The molecule has 0 heterocycles. The predicted octanol–water partition coefficient (Wildman–Crippen LogP) is 1.26. The number of nitrogens with zero attached hydrogens (tertiary/aromatic N) is 1. The number of nitrogens with one attached hydrogen (secondary N) is 1. The van der Waals surface area contributed by atoms with Crippen molar-refractivity contribution in [3.63, 3.8) is 0 Å². The van der Waals surface area contributed by atoms with Crippen LogP contribution in [0.2, 0.25) is 0 Å². The summed E-state index contributed by atoms with van der Waals surface area (Å²) in [6.45, 7) is 3.31. The van der Waals surface area contributed by atoms with E-state index in [9.17, 15) is 4.21 Å². The summed E-state index contributed by atoms with van der Waals surface area (Å²) in [6.07, 6.45) is 2.55. The molecule has 0 bridgehead atoms. The van der Waals surface area contributed by atoms with Gasteiger partial charge in [-0.05, 0) is 18.5 Å². The van der Waals surface area contributed by atoms with E-state index in [0.29, 0.717) is 6.54 Å². The van der Waals surface area contributed by atoms with E-state index in [-0.39, 0.29) is 17.0 Å². The molecule has 0 aromatic heterocycles. The molecule has 0 aliphatic heterocycles. The van der Waals surface area contributed by atoms with Crippen LogP contribution in [0.1, 0.15) is 24.8 Å². The normalized spacial score (nSPS) is 16.6. The van der Waals surface area contributed by atoms with Crippen molar-refractivity contribution in [2.24, 2.45) is 10.9 Å². The van der Waals surface area contributed by atoms with Crippen molar-refractivity contribution in [1.82, 2.24) is 5.32 Å². The first kappa shape index (κ1) is 16.7. The Hall–Kier alpha value is -1.40. The summed E-state index contributed by atoms with van der Waals surface area (Å²) in [7, 11) is -0.799. The minimum atomic E-state index is -0.799. The second-order valence-electron chi connectivity index (χ2n) is 4.79. The minimum absolute atomic E-state index is 0.163. The van der Waals surface area contributed by atoms with E-state index in [1.807, 2.05) is 37.3 Å². The Morgan fingerprint density at radius 3 is 2.65 bits per heavy atom. The average Bonchev–Trinajstić information content (AvgIpc) is 2.47. The molecular formula is C14H23N3O2S. The van der Waals surface area contributed by atoms with Crippen LogP contribution in [0.15, 0.2) is 35.5 Å². The Balaban J connectivity index is 2.53. The van der Waals surface area contributed by atoms with Crippen molar-refractivity contribution in [2.75, 3.05) is 19.3 Å². The Bertz CT molecular complexity index is 451. The molecule has 0 saturated heterocycles. The molecule has 112 valence electrons. The van der Waals surface area contributed by atoms with E-state index in [0.717, 1.165) is 18.5 Å². The third-order valence-corrected chi connectivity index (χ3v) is 4.69. The SMILES string of the molecule is CC(CCNCC(/C(N)=N/O)c1ccccc1)S(C)=O. The van der Waals surface area contributed by atoms with Gasteiger partial charge in [-0.1, -0.05) is 42.4 Å². The van der Waals surface area contributed by atoms with Crippen molar-refractivity contribution in [3.05, 3.63) is 35.9 Å². The Labute approximate surface area is 122 Å². The maximum absolute atomic E-state index is 11.3. The molecular weight excluding hydrogens is 274 g/mol. The van der Waals surface area contributed by atoms with Gasteiger partial charge in [0.2, 0.25) is 0 Å². The van der Waals surface area contributed by atoms with Gasteiger partial charge in [-0.15, -0.1) is 0 Å². The zero-order valence-corrected chi connectivity index (χ0v) is 12.8. The van der Waals surface area contributed by atoms with E-state index >= 15 is 0 Å². The lowest BCUT2D eigenvalue weighted by Crippen LogP contribution is -2.33. The maximum atomic E-state index is 11.3. The summed E-state index contributed by atoms with van der Waals surface area (Å²) < 4.78 is 11.3. The van der Waals surface area contributed by atoms with Crippen LogP contribution in [-0.4, -0.2) is 39.8 Å². The van der Waals surface area contributed by atoms with Gasteiger partial charge in [0.15, 0.2) is 0 Å². The Morgan fingerprint density at radius 2 is 2.10 bits per heavy atom. The molecule has 1 aromatic rings. The fraction of sp³-hybridized carbons (Fsp3) is 0.500. The van der Waals surface area contributed by atoms with Crippen molar-refractivity contribution < 1.29 is 9.42 Å². The molecule has 0 fully saturated rings. The van der Waals surface area contributed by atoms with E-state index in [2.05, 4.69) is 10.5 Å². The molecule has 1 rings (SSSR count). The molecule has 3 unspecified atom stereocenters. The fourth-order valence-electron chi connectivity index (χ4n) is 1.87. The zero-order chi connectivity index (χ0) is 15.0. The Morgan fingerprint density at radius 1 is 1.45 bits per heavy atom. The largest absolute Gasteiger partial charge is 0.409 e. The molecule has 3 atom stereocenters. The number of nitrogens with two attached hydrogens (primary N) is 1. The lowest BCUT2D eigenvalue weighted by atomic mass is 9.98. The number of oxime groups is 1. The molecule has 0 amide bonds. The molecule has 5 nitrogen and oxygen atoms in total. The third kappa shape index (κ3) is 5.30. The first-order valence-electron chi connectivity index (χ1n) is 6.61. The topological polar surface area (TPSA) is 87.7 Å². The zero-order valence-electron chi connectivity index (χ0n) is 12.0. The lowest BCUT2D eigenvalue weighted by molar-refractivity contribution is 0.315. The van der Waals surface area contributed by atoms with Crippen molar-refractivity contribution >= 4 is 16.6 Å². The average molecular weight is 297 g/mol. The highest BCUT2D eigenvalue weighted by Crippen LogP contribution is 2.14. The van der Waals surface area contributed by atoms with E-state index < -0.39 is 10.8 Å². The van der Waals surface area contributed by atoms with Crippen molar-refractivity contribution in [1.29, 1.82) is 0 Å². The van der Waals surface area contributed by atoms with E-state index in [1.165, 1.54) is 0 Å². The molecule has 0 aliphatic carbocycles. The second kappa shape index (κ2) is 8.71. The first-order chi connectivity index (χ1) is 9.56. The van der Waals surface area contributed by atoms with Crippen LogP contribution in [0.25, 0.3) is 0 Å². The molecule has 0 spiro atoms. The van der Waals surface area contributed by atoms with Gasteiger partial charge in [-0.25, -0.2) is 0 Å². The quantitative estimate of drug-likeness (QED) is 0.222. The number of rotatable bonds is 8. The lowest BCUT2D eigenvalue weighted by Gasteiger charge is -2.17. The van der Waals surface area contributed by atoms with Crippen LogP contribution in [0, 0.1) is 0 Å². The van der Waals surface area contributed by atoms with Crippen LogP contribution in [0.5, 0.6) is 0 Å². The van der Waals surface area contributed by atoms with E-state index in [4.69, 9.17) is 10.9 Å². The number of hydrogen-bond donors (Lipinski definition) is 3. The van der Waals surface area contributed by atoms with Crippen LogP contribution >= 0.6 is 0 Å². The monoisotopic (exact) mass is 297 g/mol.